The maximum Gasteiger partial charge on any atom is 0.338 e. The Morgan fingerprint density at radius 1 is 1.24 bits per heavy atom. The van der Waals surface area contributed by atoms with Crippen molar-refractivity contribution in [3.63, 3.8) is 0 Å². The van der Waals surface area contributed by atoms with Crippen LogP contribution in [0.4, 0.5) is 4.79 Å². The third-order valence-electron chi connectivity index (χ3n) is 4.51. The lowest BCUT2D eigenvalue weighted by molar-refractivity contribution is -0.136. The van der Waals surface area contributed by atoms with Crippen molar-refractivity contribution in [3.05, 3.63) is 28.2 Å². The fraction of sp³-hybridized carbons (Fsp3) is 0.471. The predicted molar refractivity (Wildman–Crippen MR) is 104 cm³/mol. The third-order valence-corrected chi connectivity index (χ3v) is 7.40. The van der Waals surface area contributed by atoms with E-state index < -0.39 is 34.0 Å². The monoisotopic (exact) mass is 489 g/mol. The number of benzene rings is 1. The van der Waals surface area contributed by atoms with Gasteiger partial charge < -0.3 is 14.8 Å². The topological polar surface area (TPSA) is 122 Å². The minimum atomic E-state index is -3.84. The Labute approximate surface area is 176 Å². The third kappa shape index (κ3) is 4.60. The van der Waals surface area contributed by atoms with E-state index in [1.54, 1.807) is 0 Å². The molecular weight excluding hydrogens is 470 g/mol. The summed E-state index contributed by atoms with van der Waals surface area (Å²) in [4.78, 5) is 37.2. The average Bonchev–Trinajstić information content (AvgIpc) is 3.14. The highest BCUT2D eigenvalue weighted by Gasteiger charge is 2.33. The lowest BCUT2D eigenvalue weighted by Crippen LogP contribution is -2.42. The molecule has 0 bridgehead atoms. The van der Waals surface area contributed by atoms with Crippen LogP contribution in [0.15, 0.2) is 27.6 Å². The second-order valence-corrected chi connectivity index (χ2v) is 9.19. The Morgan fingerprint density at radius 2 is 1.93 bits per heavy atom. The molecule has 10 nitrogen and oxygen atoms in total. The van der Waals surface area contributed by atoms with Crippen LogP contribution < -0.4 is 5.32 Å². The largest absolute Gasteiger partial charge is 0.449 e. The molecule has 1 atom stereocenters. The van der Waals surface area contributed by atoms with Crippen LogP contribution in [0, 0.1) is 0 Å². The summed E-state index contributed by atoms with van der Waals surface area (Å²) in [6.07, 6.45) is -1.20. The van der Waals surface area contributed by atoms with Crippen LogP contribution in [0.1, 0.15) is 17.3 Å². The van der Waals surface area contributed by atoms with Gasteiger partial charge in [0.25, 0.3) is 5.91 Å². The molecule has 2 saturated heterocycles. The van der Waals surface area contributed by atoms with Gasteiger partial charge in [-0.2, -0.15) is 4.31 Å². The lowest BCUT2D eigenvalue weighted by Gasteiger charge is -2.26. The van der Waals surface area contributed by atoms with E-state index in [0.717, 1.165) is 4.90 Å². The number of urea groups is 1. The van der Waals surface area contributed by atoms with Gasteiger partial charge in [-0.25, -0.2) is 18.0 Å². The van der Waals surface area contributed by atoms with E-state index >= 15 is 0 Å². The fourth-order valence-electron chi connectivity index (χ4n) is 2.93. The molecule has 2 fully saturated rings. The molecule has 1 unspecified atom stereocenters. The van der Waals surface area contributed by atoms with E-state index in [0.29, 0.717) is 24.2 Å². The number of esters is 1. The molecule has 158 valence electrons. The van der Waals surface area contributed by atoms with Gasteiger partial charge in [0.05, 0.1) is 23.7 Å². The van der Waals surface area contributed by atoms with Crippen LogP contribution in [-0.4, -0.2) is 81.0 Å². The first-order valence-electron chi connectivity index (χ1n) is 8.89. The molecule has 3 rings (SSSR count). The van der Waals surface area contributed by atoms with E-state index in [1.165, 1.54) is 29.4 Å². The molecule has 0 aliphatic carbocycles. The Kier molecular flexibility index (Phi) is 6.56. The molecule has 0 radical (unpaired) electrons. The van der Waals surface area contributed by atoms with Crippen LogP contribution in [-0.2, 0) is 24.3 Å². The SMILES string of the molecule is CC(OC(=O)c1ccc(Br)c(S(=O)(=O)N2CCOCC2)c1)C(=O)N1CCNC1=O. The van der Waals surface area contributed by atoms with Gasteiger partial charge in [-0.15, -0.1) is 0 Å². The molecule has 2 heterocycles. The number of nitrogens with one attached hydrogen (secondary N) is 1. The summed E-state index contributed by atoms with van der Waals surface area (Å²) in [6, 6.07) is 3.49. The van der Waals surface area contributed by atoms with Crippen molar-refractivity contribution in [3.8, 4) is 0 Å². The zero-order valence-corrected chi connectivity index (χ0v) is 18.0. The van der Waals surface area contributed by atoms with Crippen molar-refractivity contribution in [1.29, 1.82) is 0 Å². The van der Waals surface area contributed by atoms with Crippen LogP contribution in [0.3, 0.4) is 0 Å². The first kappa shape index (κ1) is 21.7. The second-order valence-electron chi connectivity index (χ2n) is 6.43. The number of carbonyl (C=O) groups is 3. The van der Waals surface area contributed by atoms with Crippen LogP contribution >= 0.6 is 15.9 Å². The Balaban J connectivity index is 1.77. The number of carbonyl (C=O) groups excluding carboxylic acids is 3. The minimum Gasteiger partial charge on any atom is -0.449 e. The highest BCUT2D eigenvalue weighted by atomic mass is 79.9. The van der Waals surface area contributed by atoms with Crippen LogP contribution in [0.5, 0.6) is 0 Å². The number of morpholine rings is 1. The molecule has 12 heteroatoms. The highest BCUT2D eigenvalue weighted by molar-refractivity contribution is 9.10. The van der Waals surface area contributed by atoms with Gasteiger partial charge in [0.1, 0.15) is 0 Å². The number of ether oxygens (including phenoxy) is 2. The second kappa shape index (κ2) is 8.78. The quantitative estimate of drug-likeness (QED) is 0.599. The van der Waals surface area contributed by atoms with Gasteiger partial charge in [0.2, 0.25) is 10.0 Å². The zero-order valence-electron chi connectivity index (χ0n) is 15.6. The van der Waals surface area contributed by atoms with Gasteiger partial charge in [0, 0.05) is 30.7 Å². The summed E-state index contributed by atoms with van der Waals surface area (Å²) in [7, 11) is -3.84. The Bertz CT molecular complexity index is 931. The standard InChI is InChI=1S/C17H20BrN3O7S/c1-11(15(22)21-5-4-19-17(21)24)28-16(23)12-2-3-13(18)14(10-12)29(25,26)20-6-8-27-9-7-20/h2-3,10-11H,4-9H2,1H3,(H,19,24). The molecule has 3 amide bonds. The summed E-state index contributed by atoms with van der Waals surface area (Å²) in [5.74, 6) is -1.51. The highest BCUT2D eigenvalue weighted by Crippen LogP contribution is 2.27. The van der Waals surface area contributed by atoms with E-state index in [4.69, 9.17) is 9.47 Å². The number of rotatable bonds is 5. The molecule has 1 aromatic carbocycles. The molecule has 1 aromatic rings. The first-order valence-corrected chi connectivity index (χ1v) is 11.1. The zero-order chi connectivity index (χ0) is 21.2. The Morgan fingerprint density at radius 3 is 2.55 bits per heavy atom. The normalized spacial score (nSPS) is 19.0. The number of imide groups is 1. The number of hydrogen-bond donors (Lipinski definition) is 1. The van der Waals surface area contributed by atoms with Crippen LogP contribution in [0.2, 0.25) is 0 Å². The Hall–Kier alpha value is -2.02. The molecule has 0 spiro atoms. The maximum absolute atomic E-state index is 12.9. The summed E-state index contributed by atoms with van der Waals surface area (Å²) in [6.45, 7) is 2.90. The summed E-state index contributed by atoms with van der Waals surface area (Å²) < 4.78 is 37.7. The molecule has 1 N–H and O–H groups in total. The molecular formula is C17H20BrN3O7S. The summed E-state index contributed by atoms with van der Waals surface area (Å²) in [5, 5.41) is 2.49. The van der Waals surface area contributed by atoms with Gasteiger partial charge in [0.15, 0.2) is 6.10 Å². The smallest absolute Gasteiger partial charge is 0.338 e. The molecule has 0 aromatic heterocycles. The number of nitrogens with zero attached hydrogens (tertiary/aromatic N) is 2. The number of sulfonamides is 1. The maximum atomic E-state index is 12.9. The average molecular weight is 490 g/mol. The van der Waals surface area contributed by atoms with Crippen molar-refractivity contribution in [2.75, 3.05) is 39.4 Å². The molecule has 0 saturated carbocycles. The van der Waals surface area contributed by atoms with Gasteiger partial charge in [-0.1, -0.05) is 0 Å². The van der Waals surface area contributed by atoms with Crippen molar-refractivity contribution >= 4 is 43.9 Å². The van der Waals surface area contributed by atoms with Gasteiger partial charge >= 0.3 is 12.0 Å². The minimum absolute atomic E-state index is 0.0226. The van der Waals surface area contributed by atoms with E-state index in [9.17, 15) is 22.8 Å². The van der Waals surface area contributed by atoms with Gasteiger partial charge in [-0.05, 0) is 41.1 Å². The molecule has 2 aliphatic heterocycles. The van der Waals surface area contributed by atoms with E-state index in [1.807, 2.05) is 0 Å². The van der Waals surface area contributed by atoms with Crippen molar-refractivity contribution < 1.29 is 32.3 Å². The lowest BCUT2D eigenvalue weighted by atomic mass is 10.2. The molecule has 2 aliphatic rings. The van der Waals surface area contributed by atoms with Crippen molar-refractivity contribution in [2.45, 2.75) is 17.9 Å². The van der Waals surface area contributed by atoms with Crippen LogP contribution in [0.25, 0.3) is 0 Å². The van der Waals surface area contributed by atoms with E-state index in [-0.39, 0.29) is 30.1 Å². The number of hydrogen-bond acceptors (Lipinski definition) is 7. The molecule has 29 heavy (non-hydrogen) atoms. The van der Waals surface area contributed by atoms with Gasteiger partial charge in [-0.3, -0.25) is 9.69 Å². The fourth-order valence-corrected chi connectivity index (χ4v) is 5.29. The number of halogens is 1. The predicted octanol–water partition coefficient (Wildman–Crippen LogP) is 0.567. The van der Waals surface area contributed by atoms with E-state index in [2.05, 4.69) is 21.2 Å². The summed E-state index contributed by atoms with van der Waals surface area (Å²) in [5.41, 5.74) is -0.0226. The summed E-state index contributed by atoms with van der Waals surface area (Å²) >= 11 is 3.21. The van der Waals surface area contributed by atoms with Crippen molar-refractivity contribution in [2.24, 2.45) is 0 Å². The first-order chi connectivity index (χ1) is 13.7. The number of amides is 3. The van der Waals surface area contributed by atoms with Crippen molar-refractivity contribution in [1.82, 2.24) is 14.5 Å².